The number of morpholine rings is 1. The van der Waals surface area contributed by atoms with Gasteiger partial charge in [-0.05, 0) is 23.8 Å². The minimum Gasteiger partial charge on any atom is -0.379 e. The standard InChI is InChI=1S/C18H23ClN4O4S/c1-22-12-15(10-16(22)18(20)24)28(25,26)21-11-17(23-5-7-27-8-6-23)13-3-2-4-14(19)9-13/h2-4,9-10,12,17,21H,5-8,11H2,1H3,(H2,20,24). The van der Waals surface area contributed by atoms with Crippen LogP contribution < -0.4 is 10.5 Å². The molecule has 1 aliphatic rings. The van der Waals surface area contributed by atoms with Crippen molar-refractivity contribution in [1.29, 1.82) is 0 Å². The fourth-order valence-corrected chi connectivity index (χ4v) is 4.57. The highest BCUT2D eigenvalue weighted by Crippen LogP contribution is 2.25. The normalized spacial score (nSPS) is 16.8. The Morgan fingerprint density at radius 2 is 2.04 bits per heavy atom. The van der Waals surface area contributed by atoms with Crippen LogP contribution in [0.3, 0.4) is 0 Å². The maximum Gasteiger partial charge on any atom is 0.265 e. The third-order valence-corrected chi connectivity index (χ3v) is 6.35. The fourth-order valence-electron chi connectivity index (χ4n) is 3.26. The van der Waals surface area contributed by atoms with Crippen molar-refractivity contribution in [3.8, 4) is 0 Å². The number of nitrogens with two attached hydrogens (primary N) is 1. The van der Waals surface area contributed by atoms with Crippen LogP contribution in [0.25, 0.3) is 0 Å². The van der Waals surface area contributed by atoms with Gasteiger partial charge in [-0.2, -0.15) is 0 Å². The maximum atomic E-state index is 12.8. The van der Waals surface area contributed by atoms with Gasteiger partial charge in [-0.1, -0.05) is 23.7 Å². The number of halogens is 1. The second-order valence-electron chi connectivity index (χ2n) is 6.61. The van der Waals surface area contributed by atoms with Gasteiger partial charge in [-0.3, -0.25) is 9.69 Å². The molecule has 3 rings (SSSR count). The number of benzene rings is 1. The van der Waals surface area contributed by atoms with Gasteiger partial charge >= 0.3 is 0 Å². The van der Waals surface area contributed by atoms with Gasteiger partial charge in [-0.25, -0.2) is 13.1 Å². The second-order valence-corrected chi connectivity index (χ2v) is 8.81. The highest BCUT2D eigenvalue weighted by molar-refractivity contribution is 7.89. The molecular weight excluding hydrogens is 404 g/mol. The molecule has 0 aliphatic carbocycles. The Kier molecular flexibility index (Phi) is 6.41. The zero-order valence-electron chi connectivity index (χ0n) is 15.5. The van der Waals surface area contributed by atoms with Gasteiger partial charge in [-0.15, -0.1) is 0 Å². The van der Waals surface area contributed by atoms with Gasteiger partial charge in [0.1, 0.15) is 10.6 Å². The first kappa shape index (κ1) is 20.8. The molecule has 3 N–H and O–H groups in total. The topological polar surface area (TPSA) is 107 Å². The zero-order valence-corrected chi connectivity index (χ0v) is 17.0. The Bertz CT molecular complexity index is 954. The van der Waals surface area contributed by atoms with E-state index in [2.05, 4.69) is 9.62 Å². The lowest BCUT2D eigenvalue weighted by molar-refractivity contribution is 0.0172. The third kappa shape index (κ3) is 4.73. The molecule has 2 aromatic rings. The summed E-state index contributed by atoms with van der Waals surface area (Å²) in [5, 5.41) is 0.591. The van der Waals surface area contributed by atoms with E-state index in [1.807, 2.05) is 18.2 Å². The Labute approximate surface area is 169 Å². The van der Waals surface area contributed by atoms with E-state index >= 15 is 0 Å². The molecule has 10 heteroatoms. The summed E-state index contributed by atoms with van der Waals surface area (Å²) in [5.41, 5.74) is 6.32. The van der Waals surface area contributed by atoms with Crippen LogP contribution in [0.1, 0.15) is 22.1 Å². The van der Waals surface area contributed by atoms with Gasteiger partial charge < -0.3 is 15.0 Å². The first-order valence-corrected chi connectivity index (χ1v) is 10.7. The van der Waals surface area contributed by atoms with Gasteiger partial charge in [0.2, 0.25) is 10.0 Å². The van der Waals surface area contributed by atoms with Crippen LogP contribution in [0.5, 0.6) is 0 Å². The average molecular weight is 427 g/mol. The SMILES string of the molecule is Cn1cc(S(=O)(=O)NCC(c2cccc(Cl)c2)N2CCOCC2)cc1C(N)=O. The number of hydrogen-bond donors (Lipinski definition) is 2. The fraction of sp³-hybridized carbons (Fsp3) is 0.389. The van der Waals surface area contributed by atoms with Crippen molar-refractivity contribution in [2.45, 2.75) is 10.9 Å². The maximum absolute atomic E-state index is 12.8. The van der Waals surface area contributed by atoms with E-state index in [4.69, 9.17) is 22.1 Å². The molecule has 1 unspecified atom stereocenters. The Hall–Kier alpha value is -1.91. The van der Waals surface area contributed by atoms with Crippen LogP contribution in [0.4, 0.5) is 0 Å². The first-order chi connectivity index (χ1) is 13.3. The summed E-state index contributed by atoms with van der Waals surface area (Å²) < 4.78 is 35.0. The monoisotopic (exact) mass is 426 g/mol. The summed E-state index contributed by atoms with van der Waals surface area (Å²) in [6.07, 6.45) is 1.37. The molecule has 1 amide bonds. The summed E-state index contributed by atoms with van der Waals surface area (Å²) in [4.78, 5) is 13.6. The Morgan fingerprint density at radius 1 is 1.32 bits per heavy atom. The van der Waals surface area contributed by atoms with Crippen LogP contribution in [0.15, 0.2) is 41.4 Å². The highest BCUT2D eigenvalue weighted by atomic mass is 35.5. The van der Waals surface area contributed by atoms with E-state index in [1.54, 1.807) is 13.1 Å². The average Bonchev–Trinajstić information content (AvgIpc) is 3.06. The van der Waals surface area contributed by atoms with Gasteiger partial charge in [0.05, 0.1) is 13.2 Å². The zero-order chi connectivity index (χ0) is 20.3. The Balaban J connectivity index is 1.82. The molecule has 1 aromatic heterocycles. The lowest BCUT2D eigenvalue weighted by Crippen LogP contribution is -2.43. The molecule has 0 spiro atoms. The molecule has 0 radical (unpaired) electrons. The number of aryl methyl sites for hydroxylation is 1. The number of ether oxygens (including phenoxy) is 1. The molecule has 1 saturated heterocycles. The summed E-state index contributed by atoms with van der Waals surface area (Å²) in [6, 6.07) is 8.46. The summed E-state index contributed by atoms with van der Waals surface area (Å²) in [6.45, 7) is 2.71. The molecule has 2 heterocycles. The van der Waals surface area contributed by atoms with E-state index < -0.39 is 15.9 Å². The number of carbonyl (C=O) groups excluding carboxylic acids is 1. The molecule has 1 aromatic carbocycles. The van der Waals surface area contributed by atoms with Crippen LogP contribution >= 0.6 is 11.6 Å². The van der Waals surface area contributed by atoms with Crippen molar-refractivity contribution >= 4 is 27.5 Å². The van der Waals surface area contributed by atoms with Crippen LogP contribution in [-0.2, 0) is 21.8 Å². The third-order valence-electron chi connectivity index (χ3n) is 4.73. The summed E-state index contributed by atoms with van der Waals surface area (Å²) >= 11 is 6.14. The predicted molar refractivity (Wildman–Crippen MR) is 106 cm³/mol. The molecule has 28 heavy (non-hydrogen) atoms. The van der Waals surface area contributed by atoms with Crippen molar-refractivity contribution in [3.63, 3.8) is 0 Å². The van der Waals surface area contributed by atoms with Crippen LogP contribution in [0, 0.1) is 0 Å². The summed E-state index contributed by atoms with van der Waals surface area (Å²) in [5.74, 6) is -0.686. The lowest BCUT2D eigenvalue weighted by atomic mass is 10.1. The quantitative estimate of drug-likeness (QED) is 0.690. The molecular formula is C18H23ClN4O4S. The number of amides is 1. The first-order valence-electron chi connectivity index (χ1n) is 8.81. The number of carbonyl (C=O) groups is 1. The highest BCUT2D eigenvalue weighted by Gasteiger charge is 2.26. The van der Waals surface area contributed by atoms with E-state index in [-0.39, 0.29) is 23.2 Å². The summed E-state index contributed by atoms with van der Waals surface area (Å²) in [7, 11) is -2.25. The molecule has 1 fully saturated rings. The number of hydrogen-bond acceptors (Lipinski definition) is 5. The largest absolute Gasteiger partial charge is 0.379 e. The minimum absolute atomic E-state index is 0.00405. The van der Waals surface area contributed by atoms with E-state index in [1.165, 1.54) is 16.8 Å². The number of nitrogens with zero attached hydrogens (tertiary/aromatic N) is 2. The Morgan fingerprint density at radius 3 is 2.64 bits per heavy atom. The van der Waals surface area contributed by atoms with Crippen molar-refractivity contribution in [2.24, 2.45) is 12.8 Å². The van der Waals surface area contributed by atoms with E-state index in [9.17, 15) is 13.2 Å². The van der Waals surface area contributed by atoms with Crippen molar-refractivity contribution in [2.75, 3.05) is 32.8 Å². The van der Waals surface area contributed by atoms with Crippen molar-refractivity contribution in [3.05, 3.63) is 52.8 Å². The predicted octanol–water partition coefficient (Wildman–Crippen LogP) is 1.13. The van der Waals surface area contributed by atoms with E-state index in [0.29, 0.717) is 31.3 Å². The van der Waals surface area contributed by atoms with E-state index in [0.717, 1.165) is 5.56 Å². The van der Waals surface area contributed by atoms with Gasteiger partial charge in [0.25, 0.3) is 5.91 Å². The van der Waals surface area contributed by atoms with Crippen molar-refractivity contribution < 1.29 is 17.9 Å². The number of nitrogens with one attached hydrogen (secondary N) is 1. The van der Waals surface area contributed by atoms with Crippen LogP contribution in [-0.4, -0.2) is 56.6 Å². The molecule has 0 bridgehead atoms. The van der Waals surface area contributed by atoms with Crippen molar-refractivity contribution in [1.82, 2.24) is 14.2 Å². The second kappa shape index (κ2) is 8.62. The minimum atomic E-state index is -3.82. The number of rotatable bonds is 7. The smallest absolute Gasteiger partial charge is 0.265 e. The lowest BCUT2D eigenvalue weighted by Gasteiger charge is -2.35. The molecule has 1 aliphatic heterocycles. The molecule has 8 nitrogen and oxygen atoms in total. The molecule has 1 atom stereocenters. The number of primary amides is 1. The molecule has 152 valence electrons. The molecule has 0 saturated carbocycles. The number of aromatic nitrogens is 1. The van der Waals surface area contributed by atoms with Gasteiger partial charge in [0, 0.05) is 43.9 Å². The van der Waals surface area contributed by atoms with Gasteiger partial charge in [0.15, 0.2) is 0 Å². The number of sulfonamides is 1. The van der Waals surface area contributed by atoms with Crippen LogP contribution in [0.2, 0.25) is 5.02 Å².